The molecule has 0 amide bonds. The van der Waals surface area contributed by atoms with E-state index in [2.05, 4.69) is 4.98 Å². The van der Waals surface area contributed by atoms with Gasteiger partial charge in [-0.3, -0.25) is 9.78 Å². The average Bonchev–Trinajstić information content (AvgIpc) is 2.57. The summed E-state index contributed by atoms with van der Waals surface area (Å²) in [6.45, 7) is 0.348. The van der Waals surface area contributed by atoms with Gasteiger partial charge in [-0.15, -0.1) is 12.4 Å². The molecule has 0 bridgehead atoms. The van der Waals surface area contributed by atoms with Crippen LogP contribution in [0.1, 0.15) is 10.4 Å². The molecular formula is C18H16Cl2N2O. The first-order valence-corrected chi connectivity index (χ1v) is 6.81. The molecule has 0 aliphatic heterocycles. The fraction of sp³-hybridized carbons (Fsp3) is 0.0556. The number of Topliss-reactive ketones (excluding diaryl/α,β-unsaturated/α-hetero) is 1. The third-order valence-corrected chi connectivity index (χ3v) is 3.33. The van der Waals surface area contributed by atoms with Gasteiger partial charge in [-0.1, -0.05) is 30.3 Å². The molecule has 3 aromatic rings. The van der Waals surface area contributed by atoms with E-state index in [4.69, 9.17) is 0 Å². The van der Waals surface area contributed by atoms with Gasteiger partial charge in [-0.05, 0) is 23.3 Å². The highest BCUT2D eigenvalue weighted by Gasteiger charge is 2.11. The molecule has 0 aliphatic carbocycles. The van der Waals surface area contributed by atoms with Gasteiger partial charge in [0.25, 0.3) is 0 Å². The third-order valence-electron chi connectivity index (χ3n) is 3.33. The zero-order valence-electron chi connectivity index (χ0n) is 12.3. The van der Waals surface area contributed by atoms with Crippen LogP contribution >= 0.6 is 12.4 Å². The van der Waals surface area contributed by atoms with E-state index in [1.165, 1.54) is 0 Å². The first kappa shape index (κ1) is 18.8. The first-order chi connectivity index (χ1) is 10.3. The molecule has 0 aliphatic rings. The highest BCUT2D eigenvalue weighted by molar-refractivity contribution is 5.94. The van der Waals surface area contributed by atoms with Crippen molar-refractivity contribution in [3.63, 3.8) is 0 Å². The number of ketones is 1. The molecule has 0 saturated heterocycles. The molecule has 0 fully saturated rings. The van der Waals surface area contributed by atoms with Crippen LogP contribution in [0.5, 0.6) is 0 Å². The fourth-order valence-corrected chi connectivity index (χ4v) is 2.18. The van der Waals surface area contributed by atoms with E-state index in [9.17, 15) is 4.79 Å². The number of nitrogens with zero attached hydrogens (tertiary/aromatic N) is 2. The Hall–Kier alpha value is -2.23. The van der Waals surface area contributed by atoms with Gasteiger partial charge >= 0.3 is 0 Å². The standard InChI is InChI=1S/C18H15N2O.2ClH/c21-18(17-4-2-1-3-5-17)14-20-12-8-16(9-13-20)15-6-10-19-11-7-15;;/h1-13H,14H2;2*1H/q+1;;/p-1. The zero-order valence-corrected chi connectivity index (χ0v) is 13.9. The Bertz CT molecular complexity index is 732. The lowest BCUT2D eigenvalue weighted by Crippen LogP contribution is -3.00. The average molecular weight is 347 g/mol. The maximum Gasteiger partial charge on any atom is 0.227 e. The van der Waals surface area contributed by atoms with Crippen LogP contribution in [0.2, 0.25) is 0 Å². The van der Waals surface area contributed by atoms with E-state index < -0.39 is 0 Å². The number of halogens is 2. The van der Waals surface area contributed by atoms with Crippen molar-refractivity contribution in [1.29, 1.82) is 0 Å². The number of hydrogen-bond donors (Lipinski definition) is 0. The van der Waals surface area contributed by atoms with Crippen molar-refractivity contribution in [3.05, 3.63) is 84.9 Å². The molecule has 1 aromatic carbocycles. The second-order valence-corrected chi connectivity index (χ2v) is 4.78. The van der Waals surface area contributed by atoms with E-state index in [1.54, 1.807) is 12.4 Å². The minimum atomic E-state index is 0. The van der Waals surface area contributed by atoms with Gasteiger partial charge in [-0.2, -0.15) is 4.57 Å². The molecule has 5 heteroatoms. The van der Waals surface area contributed by atoms with Gasteiger partial charge in [-0.25, -0.2) is 0 Å². The second-order valence-electron chi connectivity index (χ2n) is 4.78. The minimum Gasteiger partial charge on any atom is -1.00 e. The van der Waals surface area contributed by atoms with Crippen LogP contribution < -0.4 is 17.0 Å². The SMILES string of the molecule is Cl.O=C(C[n+]1ccc(-c2ccncc2)cc1)c1ccccc1.[Cl-]. The van der Waals surface area contributed by atoms with Crippen LogP contribution in [-0.4, -0.2) is 10.8 Å². The van der Waals surface area contributed by atoms with Crippen LogP contribution in [0.4, 0.5) is 0 Å². The Labute approximate surface area is 147 Å². The van der Waals surface area contributed by atoms with E-state index >= 15 is 0 Å². The van der Waals surface area contributed by atoms with E-state index in [-0.39, 0.29) is 30.6 Å². The van der Waals surface area contributed by atoms with Gasteiger partial charge < -0.3 is 12.4 Å². The Kier molecular flexibility index (Phi) is 7.39. The normalized spacial score (nSPS) is 9.39. The van der Waals surface area contributed by atoms with Gasteiger partial charge in [0.2, 0.25) is 12.3 Å². The number of benzene rings is 1. The molecular weight excluding hydrogens is 331 g/mol. The smallest absolute Gasteiger partial charge is 0.227 e. The lowest BCUT2D eigenvalue weighted by Gasteiger charge is -2.01. The molecule has 2 aromatic heterocycles. The summed E-state index contributed by atoms with van der Waals surface area (Å²) in [7, 11) is 0. The monoisotopic (exact) mass is 346 g/mol. The van der Waals surface area contributed by atoms with Crippen molar-refractivity contribution in [2.24, 2.45) is 0 Å². The molecule has 2 heterocycles. The zero-order chi connectivity index (χ0) is 14.5. The number of carbonyl (C=O) groups is 1. The summed E-state index contributed by atoms with van der Waals surface area (Å²) in [5.41, 5.74) is 2.97. The van der Waals surface area contributed by atoms with E-state index in [0.717, 1.165) is 16.7 Å². The predicted molar refractivity (Wildman–Crippen MR) is 87.9 cm³/mol. The van der Waals surface area contributed by atoms with Gasteiger partial charge in [0, 0.05) is 30.1 Å². The molecule has 118 valence electrons. The van der Waals surface area contributed by atoms with Crippen molar-refractivity contribution >= 4 is 18.2 Å². The van der Waals surface area contributed by atoms with Gasteiger partial charge in [0.05, 0.1) is 0 Å². The number of hydrogen-bond acceptors (Lipinski definition) is 2. The Morgan fingerprint density at radius 2 is 1.43 bits per heavy atom. The molecule has 3 rings (SSSR count). The minimum absolute atomic E-state index is 0. The quantitative estimate of drug-likeness (QED) is 0.504. The first-order valence-electron chi connectivity index (χ1n) is 6.81. The molecule has 0 unspecified atom stereocenters. The fourth-order valence-electron chi connectivity index (χ4n) is 2.18. The van der Waals surface area contributed by atoms with E-state index in [1.807, 2.05) is 71.6 Å². The van der Waals surface area contributed by atoms with E-state index in [0.29, 0.717) is 6.54 Å². The topological polar surface area (TPSA) is 33.8 Å². The maximum atomic E-state index is 12.1. The summed E-state index contributed by atoms with van der Waals surface area (Å²) in [4.78, 5) is 16.2. The van der Waals surface area contributed by atoms with Crippen molar-refractivity contribution in [3.8, 4) is 11.1 Å². The van der Waals surface area contributed by atoms with Crippen LogP contribution in [0, 0.1) is 0 Å². The summed E-state index contributed by atoms with van der Waals surface area (Å²) in [6, 6.07) is 17.3. The highest BCUT2D eigenvalue weighted by atomic mass is 35.5. The number of aromatic nitrogens is 2. The van der Waals surface area contributed by atoms with Crippen molar-refractivity contribution in [1.82, 2.24) is 4.98 Å². The summed E-state index contributed by atoms with van der Waals surface area (Å²) >= 11 is 0. The Morgan fingerprint density at radius 3 is 2.04 bits per heavy atom. The summed E-state index contributed by atoms with van der Waals surface area (Å²) < 4.78 is 1.89. The molecule has 0 N–H and O–H groups in total. The number of rotatable bonds is 4. The number of carbonyl (C=O) groups excluding carboxylic acids is 1. The van der Waals surface area contributed by atoms with Crippen LogP contribution in [-0.2, 0) is 6.54 Å². The molecule has 0 spiro atoms. The van der Waals surface area contributed by atoms with Crippen LogP contribution in [0.3, 0.4) is 0 Å². The largest absolute Gasteiger partial charge is 1.00 e. The molecule has 0 radical (unpaired) electrons. The Morgan fingerprint density at radius 1 is 0.870 bits per heavy atom. The Balaban J connectivity index is 0.00000132. The third kappa shape index (κ3) is 4.88. The van der Waals surface area contributed by atoms with Gasteiger partial charge in [0.15, 0.2) is 12.4 Å². The second kappa shape index (κ2) is 9.03. The van der Waals surface area contributed by atoms with Crippen molar-refractivity contribution in [2.45, 2.75) is 6.54 Å². The predicted octanol–water partition coefficient (Wildman–Crippen LogP) is 0.345. The van der Waals surface area contributed by atoms with Crippen LogP contribution in [0.25, 0.3) is 11.1 Å². The molecule has 23 heavy (non-hydrogen) atoms. The highest BCUT2D eigenvalue weighted by Crippen LogP contribution is 2.15. The van der Waals surface area contributed by atoms with Gasteiger partial charge in [0.1, 0.15) is 0 Å². The van der Waals surface area contributed by atoms with Crippen molar-refractivity contribution < 1.29 is 21.8 Å². The molecule has 0 saturated carbocycles. The summed E-state index contributed by atoms with van der Waals surface area (Å²) in [5.74, 6) is 0.109. The maximum absolute atomic E-state index is 12.1. The molecule has 3 nitrogen and oxygen atoms in total. The summed E-state index contributed by atoms with van der Waals surface area (Å²) in [5, 5.41) is 0. The van der Waals surface area contributed by atoms with Crippen molar-refractivity contribution in [2.75, 3.05) is 0 Å². The summed E-state index contributed by atoms with van der Waals surface area (Å²) in [6.07, 6.45) is 7.40. The lowest BCUT2D eigenvalue weighted by atomic mass is 10.1. The van der Waals surface area contributed by atoms with Crippen LogP contribution in [0.15, 0.2) is 79.4 Å². The number of pyridine rings is 2. The lowest BCUT2D eigenvalue weighted by molar-refractivity contribution is -0.683. The molecule has 0 atom stereocenters.